The molecule has 5 aromatic carbocycles. The maximum Gasteiger partial charge on any atom is 0.425 e. The van der Waals surface area contributed by atoms with Crippen LogP contribution < -0.4 is 19.5 Å². The number of aliphatic hydroxyl groups excluding tert-OH is 1. The Balaban J connectivity index is 0.00000149. The molecule has 6 rings (SSSR count). The van der Waals surface area contributed by atoms with Gasteiger partial charge in [-0.25, -0.2) is 18.6 Å². The molecule has 0 bridgehead atoms. The molecule has 410 valence electrons. The van der Waals surface area contributed by atoms with Crippen LogP contribution in [0, 0.1) is 11.6 Å². The lowest BCUT2D eigenvalue weighted by atomic mass is 10.1. The van der Waals surface area contributed by atoms with Crippen molar-refractivity contribution in [3.63, 3.8) is 0 Å². The number of aromatic nitrogens is 3. The van der Waals surface area contributed by atoms with E-state index in [1.54, 1.807) is 36.4 Å². The molecule has 0 saturated carbocycles. The third-order valence-corrected chi connectivity index (χ3v) is 11.4. The first-order valence-corrected chi connectivity index (χ1v) is 26.8. The molecule has 0 atom stereocenters. The molecule has 77 heavy (non-hydrogen) atoms. The first-order valence-electron chi connectivity index (χ1n) is 21.8. The van der Waals surface area contributed by atoms with E-state index < -0.39 is 75.4 Å². The van der Waals surface area contributed by atoms with Gasteiger partial charge in [0.25, 0.3) is 20.2 Å². The second kappa shape index (κ2) is 29.2. The normalized spacial score (nSPS) is 11.3. The Labute approximate surface area is 440 Å². The van der Waals surface area contributed by atoms with Gasteiger partial charge in [-0.1, -0.05) is 31.2 Å². The van der Waals surface area contributed by atoms with E-state index in [1.165, 1.54) is 43.5 Å². The Morgan fingerprint density at radius 2 is 1.16 bits per heavy atom. The summed E-state index contributed by atoms with van der Waals surface area (Å²) in [7, 11) is -14.1. The number of hydrogen-bond acceptors (Lipinski definition) is 23. The standard InChI is InChI=1S/C45H44F2N8O12S2.2O3S/c1-3-15-66-39-23-36(54-52-32-11-7-28(26-56)8-12-32)34(46)18-30(39)20-42-49-43(51-45(50-42)48-25-27-5-9-29(10-6-27)44(57)58)21-31-19-35(47)37(24-40(31)67-16-4-17-68(59,60)61)55-53-33-13-14-38(65-2)41(22-33)69(62,63)64;2*1-4(2)3/h5-14,18-19,22-24,56H,3-4,15-17,20-21,25-26H2,1-2H3,(H,57,58)(H,59,60,61)(H,62,63,64)(H,48,49,50,51);;. The molecular weight excluding hydrogens is 1110 g/mol. The summed E-state index contributed by atoms with van der Waals surface area (Å²) in [5.41, 5.74) is 1.63. The zero-order chi connectivity index (χ0) is 56.9. The number of ether oxygens (including phenoxy) is 3. The zero-order valence-electron chi connectivity index (χ0n) is 40.0. The smallest absolute Gasteiger partial charge is 0.425 e. The zero-order valence-corrected chi connectivity index (χ0v) is 43.3. The number of carbonyl (C=O) groups is 1. The number of azo groups is 2. The van der Waals surface area contributed by atoms with E-state index in [0.29, 0.717) is 28.8 Å². The highest BCUT2D eigenvalue weighted by molar-refractivity contribution is 7.86. The molecule has 1 aromatic heterocycles. The Morgan fingerprint density at radius 3 is 1.62 bits per heavy atom. The molecule has 32 heteroatoms. The second-order valence-electron chi connectivity index (χ2n) is 15.3. The summed E-state index contributed by atoms with van der Waals surface area (Å²) < 4.78 is 165. The predicted octanol–water partition coefficient (Wildman–Crippen LogP) is 6.66. The maximum atomic E-state index is 15.9. The highest BCUT2D eigenvalue weighted by atomic mass is 32.2. The highest BCUT2D eigenvalue weighted by Gasteiger charge is 2.20. The number of halogens is 2. The first kappa shape index (κ1) is 61.4. The van der Waals surface area contributed by atoms with E-state index in [1.807, 2.05) is 6.92 Å². The third kappa shape index (κ3) is 21.2. The van der Waals surface area contributed by atoms with Crippen molar-refractivity contribution >= 4 is 76.1 Å². The molecule has 0 radical (unpaired) electrons. The second-order valence-corrected chi connectivity index (χ2v) is 19.1. The van der Waals surface area contributed by atoms with E-state index in [-0.39, 0.29) is 103 Å². The van der Waals surface area contributed by atoms with Gasteiger partial charge in [0.2, 0.25) is 5.95 Å². The summed E-state index contributed by atoms with van der Waals surface area (Å²) in [6.45, 7) is 1.82. The number of hydrogen-bond donors (Lipinski definition) is 5. The molecular formula is C45H44F2N8O18S4. The lowest BCUT2D eigenvalue weighted by molar-refractivity contribution is 0.0696. The van der Waals surface area contributed by atoms with Crippen molar-refractivity contribution in [1.29, 1.82) is 0 Å². The molecule has 0 unspecified atom stereocenters. The number of anilines is 1. The quantitative estimate of drug-likeness (QED) is 0.0254. The fourth-order valence-electron chi connectivity index (χ4n) is 6.31. The minimum atomic E-state index is -4.75. The van der Waals surface area contributed by atoms with Gasteiger partial charge in [0.1, 0.15) is 45.2 Å². The predicted molar refractivity (Wildman–Crippen MR) is 264 cm³/mol. The van der Waals surface area contributed by atoms with Gasteiger partial charge >= 0.3 is 27.2 Å². The maximum absolute atomic E-state index is 15.9. The summed E-state index contributed by atoms with van der Waals surface area (Å²) in [6, 6.07) is 20.9. The minimum absolute atomic E-state index is 0.0247. The fourth-order valence-corrected chi connectivity index (χ4v) is 7.47. The average molecular weight is 1150 g/mol. The summed E-state index contributed by atoms with van der Waals surface area (Å²) in [4.78, 5) is 24.6. The molecule has 26 nitrogen and oxygen atoms in total. The molecule has 0 saturated heterocycles. The summed E-state index contributed by atoms with van der Waals surface area (Å²) in [6.07, 6.45) is 0.0629. The van der Waals surface area contributed by atoms with Crippen molar-refractivity contribution in [2.75, 3.05) is 31.4 Å². The third-order valence-electron chi connectivity index (χ3n) is 9.69. The number of nitrogens with zero attached hydrogens (tertiary/aromatic N) is 7. The van der Waals surface area contributed by atoms with Gasteiger partial charge in [0, 0.05) is 42.6 Å². The van der Waals surface area contributed by atoms with Crippen LogP contribution in [0.15, 0.2) is 116 Å². The molecule has 0 aliphatic rings. The minimum Gasteiger partial charge on any atom is -0.495 e. The van der Waals surface area contributed by atoms with Crippen LogP contribution in [0.3, 0.4) is 0 Å². The van der Waals surface area contributed by atoms with Crippen LogP contribution in [-0.2, 0) is 67.4 Å². The Bertz CT molecular complexity index is 3540. The monoisotopic (exact) mass is 1150 g/mol. The van der Waals surface area contributed by atoms with Crippen LogP contribution in [0.2, 0.25) is 0 Å². The number of carboxylic acid groups (broad SMARTS) is 1. The average Bonchev–Trinajstić information content (AvgIpc) is 3.36. The van der Waals surface area contributed by atoms with Gasteiger partial charge in [-0.05, 0) is 78.6 Å². The number of nitrogens with one attached hydrogen (secondary N) is 1. The molecule has 5 N–H and O–H groups in total. The molecule has 0 spiro atoms. The summed E-state index contributed by atoms with van der Waals surface area (Å²) >= 11 is 0. The van der Waals surface area contributed by atoms with Gasteiger partial charge in [0.05, 0.1) is 49.6 Å². The number of aromatic carboxylic acids is 1. The number of aliphatic hydroxyl groups is 1. The van der Waals surface area contributed by atoms with Gasteiger partial charge in [-0.15, -0.1) is 35.5 Å². The van der Waals surface area contributed by atoms with E-state index in [4.69, 9.17) is 39.5 Å². The molecule has 0 aliphatic carbocycles. The number of methoxy groups -OCH3 is 1. The molecule has 0 fully saturated rings. The van der Waals surface area contributed by atoms with Crippen LogP contribution in [0.1, 0.15) is 64.0 Å². The largest absolute Gasteiger partial charge is 0.495 e. The number of rotatable bonds is 23. The fraction of sp³-hybridized carbons (Fsp3) is 0.244. The van der Waals surface area contributed by atoms with Crippen molar-refractivity contribution in [3.8, 4) is 17.2 Å². The Hall–Kier alpha value is -8.14. The van der Waals surface area contributed by atoms with Gasteiger partial charge < -0.3 is 29.7 Å². The van der Waals surface area contributed by atoms with Crippen LogP contribution in [0.5, 0.6) is 17.2 Å². The molecule has 0 aliphatic heterocycles. The van der Waals surface area contributed by atoms with Crippen molar-refractivity contribution in [1.82, 2.24) is 15.0 Å². The SMILES string of the molecule is CCCOc1cc(N=Nc2ccc(CO)cc2)c(F)cc1Cc1nc(Cc2cc(F)c(N=Nc3ccc(OC)c(S(=O)(=O)O)c3)cc2OCCCS(=O)(=O)O)nc(NCc2ccc(C(=O)O)cc2)n1.O=S(=O)=O.O=S(=O)=O. The molecule has 0 amide bonds. The lowest BCUT2D eigenvalue weighted by Gasteiger charge is -2.15. The van der Waals surface area contributed by atoms with E-state index in [0.717, 1.165) is 18.2 Å². The van der Waals surface area contributed by atoms with E-state index in [2.05, 4.69) is 40.7 Å². The Kier molecular flexibility index (Phi) is 23.3. The lowest BCUT2D eigenvalue weighted by Crippen LogP contribution is -2.12. The first-order chi connectivity index (χ1) is 36.4. The van der Waals surface area contributed by atoms with Crippen molar-refractivity contribution < 1.29 is 89.2 Å². The number of carboxylic acids is 1. The van der Waals surface area contributed by atoms with Crippen LogP contribution >= 0.6 is 0 Å². The summed E-state index contributed by atoms with van der Waals surface area (Å²) in [5, 5.41) is 37.8. The van der Waals surface area contributed by atoms with E-state index in [9.17, 15) is 40.9 Å². The van der Waals surface area contributed by atoms with Crippen LogP contribution in [-0.4, -0.2) is 108 Å². The number of benzene rings is 5. The van der Waals surface area contributed by atoms with E-state index >= 15 is 8.78 Å². The van der Waals surface area contributed by atoms with Crippen molar-refractivity contribution in [2.45, 2.75) is 50.7 Å². The Morgan fingerprint density at radius 1 is 0.662 bits per heavy atom. The van der Waals surface area contributed by atoms with Gasteiger partial charge in [-0.2, -0.15) is 37.0 Å². The van der Waals surface area contributed by atoms with Crippen LogP contribution in [0.4, 0.5) is 37.5 Å². The molecule has 6 aromatic rings. The molecule has 1 heterocycles. The summed E-state index contributed by atoms with van der Waals surface area (Å²) in [5.74, 6) is -3.21. The topological polar surface area (TPSA) is 397 Å². The van der Waals surface area contributed by atoms with Gasteiger partial charge in [0.15, 0.2) is 11.6 Å². The van der Waals surface area contributed by atoms with Gasteiger partial charge in [-0.3, -0.25) is 9.11 Å². The van der Waals surface area contributed by atoms with Crippen molar-refractivity contribution in [3.05, 3.63) is 142 Å². The van der Waals surface area contributed by atoms with Crippen molar-refractivity contribution in [2.24, 2.45) is 20.5 Å². The van der Waals surface area contributed by atoms with Crippen LogP contribution in [0.25, 0.3) is 0 Å². The highest BCUT2D eigenvalue weighted by Crippen LogP contribution is 2.35.